The number of aryl methyl sites for hydroxylation is 1. The summed E-state index contributed by atoms with van der Waals surface area (Å²) in [7, 11) is 0. The summed E-state index contributed by atoms with van der Waals surface area (Å²) in [5, 5.41) is 11.5. The standard InChI is InChI=1S/C23H35ClN4O3/c1-15(2)16(3)12-22(29)27-11-6-5-9-20(27)18-8-7-10-26(14-18)23-19(24)13-21(28(30)31)17(4)25-23/h13,15-16,18,20H,5-12,14H2,1-4H3. The zero-order chi connectivity index (χ0) is 22.7. The molecular formula is C23H35ClN4O3. The van der Waals surface area contributed by atoms with Crippen molar-refractivity contribution in [2.24, 2.45) is 17.8 Å². The number of nitro groups is 1. The summed E-state index contributed by atoms with van der Waals surface area (Å²) < 4.78 is 0. The topological polar surface area (TPSA) is 79.6 Å². The van der Waals surface area contributed by atoms with Gasteiger partial charge in [0.25, 0.3) is 5.69 Å². The Kier molecular flexibility index (Phi) is 7.78. The first kappa shape index (κ1) is 23.8. The summed E-state index contributed by atoms with van der Waals surface area (Å²) in [6.45, 7) is 10.6. The lowest BCUT2D eigenvalue weighted by atomic mass is 9.84. The predicted octanol–water partition coefficient (Wildman–Crippen LogP) is 5.23. The first-order valence-corrected chi connectivity index (χ1v) is 11.9. The Labute approximate surface area is 190 Å². The molecular weight excluding hydrogens is 416 g/mol. The summed E-state index contributed by atoms with van der Waals surface area (Å²) in [5.74, 6) is 2.14. The number of hydrogen-bond donors (Lipinski definition) is 0. The van der Waals surface area contributed by atoms with E-state index < -0.39 is 4.92 Å². The van der Waals surface area contributed by atoms with Gasteiger partial charge in [-0.25, -0.2) is 4.98 Å². The minimum Gasteiger partial charge on any atom is -0.355 e. The van der Waals surface area contributed by atoms with Crippen LogP contribution >= 0.6 is 11.6 Å². The normalized spacial score (nSPS) is 23.2. The number of carbonyl (C=O) groups is 1. The van der Waals surface area contributed by atoms with Crippen LogP contribution in [-0.4, -0.2) is 46.4 Å². The van der Waals surface area contributed by atoms with Crippen LogP contribution in [0, 0.1) is 34.8 Å². The molecule has 2 saturated heterocycles. The molecule has 0 N–H and O–H groups in total. The van der Waals surface area contributed by atoms with Crippen molar-refractivity contribution >= 4 is 29.0 Å². The van der Waals surface area contributed by atoms with Crippen LogP contribution in [0.3, 0.4) is 0 Å². The quantitative estimate of drug-likeness (QED) is 0.437. The van der Waals surface area contributed by atoms with Gasteiger partial charge in [-0.05, 0) is 56.8 Å². The van der Waals surface area contributed by atoms with Gasteiger partial charge in [-0.15, -0.1) is 0 Å². The molecule has 3 heterocycles. The first-order chi connectivity index (χ1) is 14.7. The summed E-state index contributed by atoms with van der Waals surface area (Å²) in [6.07, 6.45) is 5.96. The van der Waals surface area contributed by atoms with E-state index >= 15 is 0 Å². The number of anilines is 1. The average molecular weight is 451 g/mol. The minimum absolute atomic E-state index is 0.0503. The SMILES string of the molecule is Cc1nc(N2CCCC(C3CCCCN3C(=O)CC(C)C(C)C)C2)c(Cl)cc1[N+](=O)[O-]. The van der Waals surface area contributed by atoms with Crippen LogP contribution in [0.1, 0.15) is 65.0 Å². The second-order valence-electron chi connectivity index (χ2n) is 9.58. The third-order valence-electron chi connectivity index (χ3n) is 7.12. The summed E-state index contributed by atoms with van der Waals surface area (Å²) in [5.41, 5.74) is 0.328. The zero-order valence-electron chi connectivity index (χ0n) is 19.1. The fraction of sp³-hybridized carbons (Fsp3) is 0.739. The maximum Gasteiger partial charge on any atom is 0.292 e. The molecule has 31 heavy (non-hydrogen) atoms. The van der Waals surface area contributed by atoms with Gasteiger partial charge in [0, 0.05) is 38.2 Å². The number of carbonyl (C=O) groups excluding carboxylic acids is 1. The highest BCUT2D eigenvalue weighted by Crippen LogP contribution is 2.36. The molecule has 1 aromatic heterocycles. The van der Waals surface area contributed by atoms with Gasteiger partial charge in [0.05, 0.1) is 9.95 Å². The average Bonchev–Trinajstić information content (AvgIpc) is 2.74. The number of halogens is 1. The third-order valence-corrected chi connectivity index (χ3v) is 7.40. The number of hydrogen-bond acceptors (Lipinski definition) is 5. The van der Waals surface area contributed by atoms with E-state index in [1.165, 1.54) is 6.07 Å². The molecule has 2 aliphatic heterocycles. The van der Waals surface area contributed by atoms with Crippen LogP contribution in [0.25, 0.3) is 0 Å². The molecule has 1 aromatic rings. The van der Waals surface area contributed by atoms with Gasteiger partial charge in [0.15, 0.2) is 0 Å². The second kappa shape index (κ2) is 10.2. The molecule has 0 spiro atoms. The number of pyridine rings is 1. The van der Waals surface area contributed by atoms with Crippen molar-refractivity contribution in [3.8, 4) is 0 Å². The van der Waals surface area contributed by atoms with E-state index in [9.17, 15) is 14.9 Å². The van der Waals surface area contributed by atoms with Crippen molar-refractivity contribution in [1.82, 2.24) is 9.88 Å². The highest BCUT2D eigenvalue weighted by molar-refractivity contribution is 6.33. The molecule has 0 aromatic carbocycles. The summed E-state index contributed by atoms with van der Waals surface area (Å²) in [4.78, 5) is 32.7. The molecule has 2 aliphatic rings. The Balaban J connectivity index is 1.76. The molecule has 2 fully saturated rings. The van der Waals surface area contributed by atoms with Crippen molar-refractivity contribution < 1.29 is 9.72 Å². The number of piperidine rings is 2. The molecule has 8 heteroatoms. The molecule has 7 nitrogen and oxygen atoms in total. The van der Waals surface area contributed by atoms with Gasteiger partial charge >= 0.3 is 0 Å². The minimum atomic E-state index is -0.444. The van der Waals surface area contributed by atoms with Crippen molar-refractivity contribution in [3.05, 3.63) is 26.9 Å². The smallest absolute Gasteiger partial charge is 0.292 e. The maximum absolute atomic E-state index is 13.1. The van der Waals surface area contributed by atoms with Crippen LogP contribution in [-0.2, 0) is 4.79 Å². The van der Waals surface area contributed by atoms with Gasteiger partial charge in [-0.3, -0.25) is 14.9 Å². The molecule has 0 radical (unpaired) electrons. The van der Waals surface area contributed by atoms with Crippen molar-refractivity contribution in [2.75, 3.05) is 24.5 Å². The number of aromatic nitrogens is 1. The van der Waals surface area contributed by atoms with Crippen molar-refractivity contribution in [1.29, 1.82) is 0 Å². The zero-order valence-corrected chi connectivity index (χ0v) is 19.9. The monoisotopic (exact) mass is 450 g/mol. The van der Waals surface area contributed by atoms with Crippen LogP contribution in [0.15, 0.2) is 6.07 Å². The lowest BCUT2D eigenvalue weighted by Crippen LogP contribution is -2.52. The first-order valence-electron chi connectivity index (χ1n) is 11.5. The van der Waals surface area contributed by atoms with Crippen molar-refractivity contribution in [2.45, 2.75) is 72.3 Å². The highest BCUT2D eigenvalue weighted by atomic mass is 35.5. The molecule has 172 valence electrons. The fourth-order valence-electron chi connectivity index (χ4n) is 4.87. The molecule has 3 atom stereocenters. The second-order valence-corrected chi connectivity index (χ2v) is 9.99. The highest BCUT2D eigenvalue weighted by Gasteiger charge is 2.36. The fourth-order valence-corrected chi connectivity index (χ4v) is 5.13. The number of nitrogens with zero attached hydrogens (tertiary/aromatic N) is 4. The Bertz CT molecular complexity index is 816. The number of likely N-dealkylation sites (tertiary alicyclic amines) is 1. The maximum atomic E-state index is 13.1. The summed E-state index contributed by atoms with van der Waals surface area (Å²) >= 11 is 6.41. The van der Waals surface area contributed by atoms with Crippen molar-refractivity contribution in [3.63, 3.8) is 0 Å². The Hall–Kier alpha value is -1.89. The van der Waals surface area contributed by atoms with E-state index in [1.54, 1.807) is 6.92 Å². The van der Waals surface area contributed by atoms with Gasteiger partial charge in [0.2, 0.25) is 5.91 Å². The van der Waals surface area contributed by atoms with Gasteiger partial charge < -0.3 is 9.80 Å². The lowest BCUT2D eigenvalue weighted by molar-refractivity contribution is -0.385. The largest absolute Gasteiger partial charge is 0.355 e. The van der Waals surface area contributed by atoms with E-state index in [0.29, 0.717) is 40.7 Å². The van der Waals surface area contributed by atoms with E-state index in [4.69, 9.17) is 11.6 Å². The van der Waals surface area contributed by atoms with E-state index in [1.807, 2.05) is 0 Å². The van der Waals surface area contributed by atoms with Crippen LogP contribution in [0.5, 0.6) is 0 Å². The Morgan fingerprint density at radius 1 is 1.26 bits per heavy atom. The van der Waals surface area contributed by atoms with Gasteiger partial charge in [-0.2, -0.15) is 0 Å². The molecule has 0 bridgehead atoms. The van der Waals surface area contributed by atoms with Gasteiger partial charge in [-0.1, -0.05) is 32.4 Å². The summed E-state index contributed by atoms with van der Waals surface area (Å²) in [6, 6.07) is 1.66. The number of rotatable bonds is 6. The van der Waals surface area contributed by atoms with Crippen LogP contribution < -0.4 is 4.90 Å². The Morgan fingerprint density at radius 2 is 2.00 bits per heavy atom. The van der Waals surface area contributed by atoms with E-state index in [-0.39, 0.29) is 17.6 Å². The van der Waals surface area contributed by atoms with E-state index in [0.717, 1.165) is 51.7 Å². The van der Waals surface area contributed by atoms with Gasteiger partial charge in [0.1, 0.15) is 11.5 Å². The molecule has 1 amide bonds. The van der Waals surface area contributed by atoms with E-state index in [2.05, 4.69) is 35.6 Å². The lowest BCUT2D eigenvalue weighted by Gasteiger charge is -2.45. The molecule has 3 unspecified atom stereocenters. The van der Waals surface area contributed by atoms with Crippen LogP contribution in [0.2, 0.25) is 5.02 Å². The molecule has 3 rings (SSSR count). The molecule has 0 aliphatic carbocycles. The Morgan fingerprint density at radius 3 is 2.68 bits per heavy atom. The predicted molar refractivity (Wildman–Crippen MR) is 124 cm³/mol. The number of amides is 1. The van der Waals surface area contributed by atoms with Crippen LogP contribution in [0.4, 0.5) is 11.5 Å². The third kappa shape index (κ3) is 5.48. The molecule has 0 saturated carbocycles.